The predicted octanol–water partition coefficient (Wildman–Crippen LogP) is 0.500. The minimum absolute atomic E-state index is 0.0414. The van der Waals surface area contributed by atoms with Gasteiger partial charge in [-0.15, -0.1) is 0 Å². The molecule has 0 radical (unpaired) electrons. The molecule has 1 fully saturated rings. The third-order valence-corrected chi connectivity index (χ3v) is 3.25. The molecule has 0 unspecified atom stereocenters. The van der Waals surface area contributed by atoms with Crippen molar-refractivity contribution in [1.29, 1.82) is 0 Å². The maximum Gasteiger partial charge on any atom is 0.170 e. The minimum Gasteiger partial charge on any atom is -0.394 e. The van der Waals surface area contributed by atoms with E-state index in [2.05, 4.69) is 15.6 Å². The van der Waals surface area contributed by atoms with Gasteiger partial charge in [0.15, 0.2) is 5.76 Å². The van der Waals surface area contributed by atoms with Crippen LogP contribution >= 0.6 is 0 Å². The van der Waals surface area contributed by atoms with Gasteiger partial charge < -0.3 is 19.7 Å². The van der Waals surface area contributed by atoms with Gasteiger partial charge in [-0.25, -0.2) is 0 Å². The zero-order chi connectivity index (χ0) is 13.9. The van der Waals surface area contributed by atoms with Crippen LogP contribution in [-0.4, -0.2) is 46.3 Å². The van der Waals surface area contributed by atoms with Crippen molar-refractivity contribution in [3.8, 4) is 11.3 Å². The molecule has 1 atom stereocenters. The number of aromatic nitrogens is 3. The van der Waals surface area contributed by atoms with Gasteiger partial charge in [0.1, 0.15) is 11.8 Å². The predicted molar refractivity (Wildman–Crippen MR) is 71.1 cm³/mol. The second-order valence-electron chi connectivity index (χ2n) is 4.81. The van der Waals surface area contributed by atoms with Gasteiger partial charge in [-0.2, -0.15) is 5.10 Å². The number of rotatable bonds is 4. The van der Waals surface area contributed by atoms with E-state index >= 15 is 0 Å². The Kier molecular flexibility index (Phi) is 3.81. The van der Waals surface area contributed by atoms with E-state index in [1.807, 2.05) is 19.2 Å². The molecule has 2 aromatic rings. The second-order valence-corrected chi connectivity index (χ2v) is 4.81. The summed E-state index contributed by atoms with van der Waals surface area (Å²) < 4.78 is 12.8. The summed E-state index contributed by atoms with van der Waals surface area (Å²) in [6, 6.07) is 1.88. The van der Waals surface area contributed by atoms with E-state index in [0.717, 1.165) is 30.0 Å². The molecule has 2 aromatic heterocycles. The van der Waals surface area contributed by atoms with E-state index in [9.17, 15) is 0 Å². The summed E-state index contributed by atoms with van der Waals surface area (Å²) in [5, 5.41) is 20.8. The zero-order valence-electron chi connectivity index (χ0n) is 11.4. The highest BCUT2D eigenvalue weighted by Crippen LogP contribution is 2.30. The standard InChI is InChI=1S/C13H18N4O3/c1-9-6-11(20-16-9)10-8-17(3-4-18)15-13(10)12-7-14-2-5-19-12/h6,8,12,14,18H,2-5,7H2,1H3/t12-/m1/s1. The van der Waals surface area contributed by atoms with Crippen LogP contribution in [0.5, 0.6) is 0 Å². The number of nitrogens with one attached hydrogen (secondary N) is 1. The molecule has 20 heavy (non-hydrogen) atoms. The molecule has 0 aromatic carbocycles. The van der Waals surface area contributed by atoms with Crippen LogP contribution in [0.15, 0.2) is 16.8 Å². The lowest BCUT2D eigenvalue weighted by Crippen LogP contribution is -2.33. The summed E-state index contributed by atoms with van der Waals surface area (Å²) in [7, 11) is 0. The largest absolute Gasteiger partial charge is 0.394 e. The van der Waals surface area contributed by atoms with Gasteiger partial charge in [0.2, 0.25) is 0 Å². The molecule has 108 valence electrons. The van der Waals surface area contributed by atoms with Crippen molar-refractivity contribution in [3.05, 3.63) is 23.7 Å². The van der Waals surface area contributed by atoms with Crippen molar-refractivity contribution in [1.82, 2.24) is 20.3 Å². The number of ether oxygens (including phenoxy) is 1. The highest BCUT2D eigenvalue weighted by molar-refractivity contribution is 5.60. The van der Waals surface area contributed by atoms with Crippen molar-refractivity contribution in [2.75, 3.05) is 26.3 Å². The van der Waals surface area contributed by atoms with Crippen LogP contribution < -0.4 is 5.32 Å². The Bertz CT molecular complexity index is 572. The van der Waals surface area contributed by atoms with E-state index in [1.165, 1.54) is 0 Å². The molecule has 0 spiro atoms. The first-order valence-corrected chi connectivity index (χ1v) is 6.72. The maximum absolute atomic E-state index is 9.06. The first-order valence-electron chi connectivity index (χ1n) is 6.72. The molecule has 3 heterocycles. The molecule has 3 rings (SSSR count). The summed E-state index contributed by atoms with van der Waals surface area (Å²) in [6.07, 6.45) is 1.76. The lowest BCUT2D eigenvalue weighted by Gasteiger charge is -2.22. The Morgan fingerprint density at radius 2 is 2.45 bits per heavy atom. The smallest absolute Gasteiger partial charge is 0.170 e. The molecule has 2 N–H and O–H groups in total. The van der Waals surface area contributed by atoms with E-state index in [1.54, 1.807) is 4.68 Å². The average Bonchev–Trinajstić information content (AvgIpc) is 3.06. The van der Waals surface area contributed by atoms with Crippen molar-refractivity contribution in [2.24, 2.45) is 0 Å². The van der Waals surface area contributed by atoms with Crippen LogP contribution in [-0.2, 0) is 11.3 Å². The van der Waals surface area contributed by atoms with Gasteiger partial charge >= 0.3 is 0 Å². The number of aryl methyl sites for hydroxylation is 1. The summed E-state index contributed by atoms with van der Waals surface area (Å²) in [4.78, 5) is 0. The number of hydrogen-bond donors (Lipinski definition) is 2. The van der Waals surface area contributed by atoms with E-state index in [-0.39, 0.29) is 12.7 Å². The molecular weight excluding hydrogens is 260 g/mol. The molecule has 1 aliphatic rings. The molecule has 0 aliphatic carbocycles. The lowest BCUT2D eigenvalue weighted by molar-refractivity contribution is 0.0248. The van der Waals surface area contributed by atoms with Crippen LogP contribution in [0, 0.1) is 6.92 Å². The van der Waals surface area contributed by atoms with Crippen molar-refractivity contribution in [2.45, 2.75) is 19.6 Å². The second kappa shape index (κ2) is 5.74. The van der Waals surface area contributed by atoms with Gasteiger partial charge in [-0.3, -0.25) is 4.68 Å². The summed E-state index contributed by atoms with van der Waals surface area (Å²) in [5.74, 6) is 0.677. The Labute approximate surface area is 116 Å². The SMILES string of the molecule is Cc1cc(-c2cn(CCO)nc2[C@H]2CNCCO2)on1. The van der Waals surface area contributed by atoms with Crippen LogP contribution in [0.1, 0.15) is 17.5 Å². The quantitative estimate of drug-likeness (QED) is 0.847. The zero-order valence-corrected chi connectivity index (χ0v) is 11.4. The Hall–Kier alpha value is -1.70. The first kappa shape index (κ1) is 13.3. The highest BCUT2D eigenvalue weighted by atomic mass is 16.5. The van der Waals surface area contributed by atoms with Gasteiger partial charge in [-0.05, 0) is 6.92 Å². The van der Waals surface area contributed by atoms with Crippen molar-refractivity contribution >= 4 is 0 Å². The average molecular weight is 278 g/mol. The molecule has 0 bridgehead atoms. The summed E-state index contributed by atoms with van der Waals surface area (Å²) in [6.45, 7) is 4.59. The van der Waals surface area contributed by atoms with Crippen LogP contribution in [0.25, 0.3) is 11.3 Å². The molecule has 7 nitrogen and oxygen atoms in total. The van der Waals surface area contributed by atoms with Crippen LogP contribution in [0.4, 0.5) is 0 Å². The minimum atomic E-state index is -0.107. The first-order chi connectivity index (χ1) is 9.78. The van der Waals surface area contributed by atoms with Crippen LogP contribution in [0.3, 0.4) is 0 Å². The lowest BCUT2D eigenvalue weighted by atomic mass is 10.1. The molecule has 0 saturated carbocycles. The Morgan fingerprint density at radius 1 is 1.55 bits per heavy atom. The molecular formula is C13H18N4O3. The van der Waals surface area contributed by atoms with Gasteiger partial charge in [0.05, 0.1) is 31.0 Å². The number of aliphatic hydroxyl groups excluding tert-OH is 1. The fourth-order valence-electron chi connectivity index (χ4n) is 2.31. The Balaban J connectivity index is 1.97. The van der Waals surface area contributed by atoms with E-state index in [0.29, 0.717) is 18.9 Å². The number of nitrogens with zero attached hydrogens (tertiary/aromatic N) is 3. The van der Waals surface area contributed by atoms with Gasteiger partial charge in [-0.1, -0.05) is 5.16 Å². The van der Waals surface area contributed by atoms with Gasteiger partial charge in [0.25, 0.3) is 0 Å². The van der Waals surface area contributed by atoms with E-state index in [4.69, 9.17) is 14.4 Å². The normalized spacial score (nSPS) is 19.4. The third-order valence-electron chi connectivity index (χ3n) is 3.25. The van der Waals surface area contributed by atoms with Gasteiger partial charge in [0, 0.05) is 25.4 Å². The number of aliphatic hydroxyl groups is 1. The monoisotopic (exact) mass is 278 g/mol. The summed E-state index contributed by atoms with van der Waals surface area (Å²) in [5.41, 5.74) is 2.51. The molecule has 1 saturated heterocycles. The third kappa shape index (κ3) is 2.60. The molecule has 7 heteroatoms. The number of hydrogen-bond acceptors (Lipinski definition) is 6. The number of morpholine rings is 1. The van der Waals surface area contributed by atoms with Crippen molar-refractivity contribution in [3.63, 3.8) is 0 Å². The summed E-state index contributed by atoms with van der Waals surface area (Å²) >= 11 is 0. The molecule has 0 amide bonds. The van der Waals surface area contributed by atoms with Crippen molar-refractivity contribution < 1.29 is 14.4 Å². The fourth-order valence-corrected chi connectivity index (χ4v) is 2.31. The van der Waals surface area contributed by atoms with Crippen LogP contribution in [0.2, 0.25) is 0 Å². The highest BCUT2D eigenvalue weighted by Gasteiger charge is 2.25. The fraction of sp³-hybridized carbons (Fsp3) is 0.538. The Morgan fingerprint density at radius 3 is 3.10 bits per heavy atom. The van der Waals surface area contributed by atoms with E-state index < -0.39 is 0 Å². The topological polar surface area (TPSA) is 85.3 Å². The maximum atomic E-state index is 9.06. The molecule has 1 aliphatic heterocycles.